The van der Waals surface area contributed by atoms with E-state index in [9.17, 15) is 0 Å². The normalized spacial score (nSPS) is 18.3. The van der Waals surface area contributed by atoms with E-state index in [2.05, 4.69) is 12.7 Å². The summed E-state index contributed by atoms with van der Waals surface area (Å²) in [6, 6.07) is 0. The zero-order valence-corrected chi connectivity index (χ0v) is 12.4. The summed E-state index contributed by atoms with van der Waals surface area (Å²) in [4.78, 5) is 0. The highest BCUT2D eigenvalue weighted by Gasteiger charge is 2.37. The molecule has 102 valence electrons. The van der Waals surface area contributed by atoms with Gasteiger partial charge in [0.2, 0.25) is 0 Å². The molecule has 0 aromatic carbocycles. The van der Waals surface area contributed by atoms with Crippen LogP contribution in [0.3, 0.4) is 0 Å². The number of rotatable bonds is 6. The second kappa shape index (κ2) is 6.05. The van der Waals surface area contributed by atoms with Crippen LogP contribution in [-0.4, -0.2) is 31.5 Å². The predicted octanol–water partition coefficient (Wildman–Crippen LogP) is 3.16. The first-order chi connectivity index (χ1) is 8.24. The largest absolute Gasteiger partial charge is 0.493 e. The van der Waals surface area contributed by atoms with Crippen molar-refractivity contribution in [2.45, 2.75) is 59.4 Å². The van der Waals surface area contributed by atoms with E-state index in [1.54, 1.807) is 0 Å². The van der Waals surface area contributed by atoms with Gasteiger partial charge in [0, 0.05) is 12.2 Å². The van der Waals surface area contributed by atoms with E-state index < -0.39 is 7.12 Å². The van der Waals surface area contributed by atoms with Gasteiger partial charge in [-0.3, -0.25) is 0 Å². The van der Waals surface area contributed by atoms with Crippen molar-refractivity contribution < 1.29 is 14.0 Å². The third-order valence-electron chi connectivity index (χ3n) is 2.80. The maximum atomic E-state index is 5.81. The molecule has 0 atom stereocenters. The second-order valence-corrected chi connectivity index (χ2v) is 5.67. The summed E-state index contributed by atoms with van der Waals surface area (Å²) in [5.74, 6) is 0. The van der Waals surface area contributed by atoms with Crippen LogP contribution >= 0.6 is 0 Å². The van der Waals surface area contributed by atoms with Crippen LogP contribution in [0.5, 0.6) is 0 Å². The van der Waals surface area contributed by atoms with Crippen molar-refractivity contribution in [1.82, 2.24) is 0 Å². The molecule has 1 aliphatic heterocycles. The Kier molecular flexibility index (Phi) is 5.20. The van der Waals surface area contributed by atoms with Crippen LogP contribution in [0, 0.1) is 0 Å². The Morgan fingerprint density at radius 1 is 1.28 bits per heavy atom. The van der Waals surface area contributed by atoms with Crippen molar-refractivity contribution in [1.29, 1.82) is 0 Å². The second-order valence-electron chi connectivity index (χ2n) is 5.67. The molecule has 1 aliphatic rings. The van der Waals surface area contributed by atoms with Crippen LogP contribution < -0.4 is 0 Å². The Morgan fingerprint density at radius 2 is 1.78 bits per heavy atom. The molecule has 0 bridgehead atoms. The fourth-order valence-electron chi connectivity index (χ4n) is 1.99. The van der Waals surface area contributed by atoms with Crippen molar-refractivity contribution in [2.24, 2.45) is 0 Å². The lowest BCUT2D eigenvalue weighted by Crippen LogP contribution is -2.35. The first-order valence-electron chi connectivity index (χ1n) is 6.58. The molecule has 18 heavy (non-hydrogen) atoms. The molecular formula is C14H25BO3. The van der Waals surface area contributed by atoms with Crippen LogP contribution in [0.2, 0.25) is 0 Å². The highest BCUT2D eigenvalue weighted by atomic mass is 16.6. The van der Waals surface area contributed by atoms with E-state index >= 15 is 0 Å². The molecule has 0 fully saturated rings. The molecule has 0 aromatic heterocycles. The summed E-state index contributed by atoms with van der Waals surface area (Å²) in [7, 11) is -0.405. The third kappa shape index (κ3) is 3.97. The molecule has 0 amide bonds. The van der Waals surface area contributed by atoms with Crippen molar-refractivity contribution in [3.05, 3.63) is 23.7 Å². The van der Waals surface area contributed by atoms with Crippen molar-refractivity contribution in [3.63, 3.8) is 0 Å². The van der Waals surface area contributed by atoms with Crippen molar-refractivity contribution in [2.75, 3.05) is 6.61 Å². The molecule has 0 unspecified atom stereocenters. The average Bonchev–Trinajstić information content (AvgIpc) is 2.54. The predicted molar refractivity (Wildman–Crippen MR) is 75.5 cm³/mol. The number of ether oxygens (including phenoxy) is 1. The smallest absolute Gasteiger partial charge is 0.405 e. The van der Waals surface area contributed by atoms with Gasteiger partial charge in [0.1, 0.15) is 0 Å². The van der Waals surface area contributed by atoms with Gasteiger partial charge in [-0.1, -0.05) is 12.7 Å². The average molecular weight is 252 g/mol. The van der Waals surface area contributed by atoms with Crippen LogP contribution in [0.4, 0.5) is 0 Å². The summed E-state index contributed by atoms with van der Waals surface area (Å²) < 4.78 is 17.3. The molecule has 4 heteroatoms. The van der Waals surface area contributed by atoms with E-state index in [-0.39, 0.29) is 17.8 Å². The van der Waals surface area contributed by atoms with Gasteiger partial charge in [-0.05, 0) is 52.6 Å². The lowest BCUT2D eigenvalue weighted by atomic mass is 9.70. The Balaban J connectivity index is 2.82. The lowest BCUT2D eigenvalue weighted by molar-refractivity contribution is 0.0508. The van der Waals surface area contributed by atoms with Gasteiger partial charge in [-0.15, -0.1) is 0 Å². The molecule has 0 saturated heterocycles. The zero-order valence-electron chi connectivity index (χ0n) is 12.4. The lowest BCUT2D eigenvalue weighted by Gasteiger charge is -2.27. The Morgan fingerprint density at radius 3 is 2.11 bits per heavy atom. The summed E-state index contributed by atoms with van der Waals surface area (Å²) in [6.07, 6.45) is 2.25. The van der Waals surface area contributed by atoms with Crippen LogP contribution in [0.15, 0.2) is 23.7 Å². The summed E-state index contributed by atoms with van der Waals surface area (Å²) in [5.41, 5.74) is 1.63. The fourth-order valence-corrected chi connectivity index (χ4v) is 1.99. The van der Waals surface area contributed by atoms with Gasteiger partial charge in [0.25, 0.3) is 0 Å². The molecule has 0 saturated carbocycles. The van der Waals surface area contributed by atoms with Crippen LogP contribution in [0.1, 0.15) is 41.5 Å². The van der Waals surface area contributed by atoms with Crippen molar-refractivity contribution in [3.8, 4) is 0 Å². The van der Waals surface area contributed by atoms with Gasteiger partial charge >= 0.3 is 7.12 Å². The van der Waals surface area contributed by atoms with Gasteiger partial charge in [-0.2, -0.15) is 0 Å². The van der Waals surface area contributed by atoms with E-state index in [0.717, 1.165) is 11.0 Å². The van der Waals surface area contributed by atoms with E-state index in [0.29, 0.717) is 6.61 Å². The highest BCUT2D eigenvalue weighted by molar-refractivity contribution is 6.55. The van der Waals surface area contributed by atoms with E-state index in [1.807, 2.05) is 41.5 Å². The van der Waals surface area contributed by atoms with E-state index in [1.165, 1.54) is 0 Å². The highest BCUT2D eigenvalue weighted by Crippen LogP contribution is 2.33. The van der Waals surface area contributed by atoms with Crippen molar-refractivity contribution >= 4 is 7.12 Å². The maximum absolute atomic E-state index is 5.81. The standard InChI is InChI=1S/C14H25BO3/c1-10(2)17-15(18-11(3)4)12(5)13-8-9-16-14(13,6)7/h8,10-11H,5,9H2,1-4,6-7H3. The SMILES string of the molecule is C=C(B(OC(C)C)OC(C)C)C1=CCOC1(C)C. The maximum Gasteiger partial charge on any atom is 0.493 e. The van der Waals surface area contributed by atoms with E-state index in [4.69, 9.17) is 14.0 Å². The first kappa shape index (κ1) is 15.5. The molecule has 0 aromatic rings. The number of hydrogen-bond donors (Lipinski definition) is 0. The fraction of sp³-hybridized carbons (Fsp3) is 0.714. The first-order valence-corrected chi connectivity index (χ1v) is 6.58. The Labute approximate surface area is 111 Å². The van der Waals surface area contributed by atoms with Crippen LogP contribution in [-0.2, 0) is 14.0 Å². The minimum absolute atomic E-state index is 0.0940. The molecule has 0 radical (unpaired) electrons. The molecule has 1 rings (SSSR count). The monoisotopic (exact) mass is 252 g/mol. The molecule has 0 N–H and O–H groups in total. The summed E-state index contributed by atoms with van der Waals surface area (Å²) in [5, 5.41) is 0. The van der Waals surface area contributed by atoms with Gasteiger partial charge < -0.3 is 14.0 Å². The molecule has 0 aliphatic carbocycles. The Hall–Kier alpha value is -0.575. The van der Waals surface area contributed by atoms with Gasteiger partial charge in [0.05, 0.1) is 12.2 Å². The minimum atomic E-state index is -0.405. The third-order valence-corrected chi connectivity index (χ3v) is 2.80. The summed E-state index contributed by atoms with van der Waals surface area (Å²) >= 11 is 0. The number of hydrogen-bond acceptors (Lipinski definition) is 3. The van der Waals surface area contributed by atoms with Gasteiger partial charge in [-0.25, -0.2) is 0 Å². The van der Waals surface area contributed by atoms with Crippen LogP contribution in [0.25, 0.3) is 0 Å². The quantitative estimate of drug-likeness (QED) is 0.679. The molecule has 0 spiro atoms. The molecule has 1 heterocycles. The molecular weight excluding hydrogens is 227 g/mol. The topological polar surface area (TPSA) is 27.7 Å². The molecule has 3 nitrogen and oxygen atoms in total. The minimum Gasteiger partial charge on any atom is -0.405 e. The Bertz CT molecular complexity index is 322. The summed E-state index contributed by atoms with van der Waals surface area (Å²) in [6.45, 7) is 16.8. The zero-order chi connectivity index (χ0) is 13.9. The van der Waals surface area contributed by atoms with Gasteiger partial charge in [0.15, 0.2) is 0 Å².